The second kappa shape index (κ2) is 6.12. The summed E-state index contributed by atoms with van der Waals surface area (Å²) in [6.07, 6.45) is 5.13. The molecule has 1 N–H and O–H groups in total. The van der Waals surface area contributed by atoms with Crippen molar-refractivity contribution in [3.63, 3.8) is 0 Å². The lowest BCUT2D eigenvalue weighted by Crippen LogP contribution is -2.45. The predicted molar refractivity (Wildman–Crippen MR) is 83.3 cm³/mol. The number of hydrogen-bond donors (Lipinski definition) is 1. The summed E-state index contributed by atoms with van der Waals surface area (Å²) in [4.78, 5) is 2.60. The highest BCUT2D eigenvalue weighted by Gasteiger charge is 2.36. The molecular weight excluding hydrogens is 319 g/mol. The molecule has 0 radical (unpaired) electrons. The first-order valence-corrected chi connectivity index (χ1v) is 8.39. The van der Waals surface area contributed by atoms with Crippen LogP contribution in [0.15, 0.2) is 22.7 Å². The molecule has 2 nitrogen and oxygen atoms in total. The summed E-state index contributed by atoms with van der Waals surface area (Å²) in [5, 5.41) is 3.66. The fourth-order valence-electron chi connectivity index (χ4n) is 3.70. The smallest absolute Gasteiger partial charge is 0.128 e. The maximum atomic E-state index is 14.0. The highest BCUT2D eigenvalue weighted by molar-refractivity contribution is 9.10. The molecule has 0 saturated carbocycles. The number of piperidine rings is 1. The fraction of sp³-hybridized carbons (Fsp3) is 0.625. The molecule has 3 rings (SSSR count). The summed E-state index contributed by atoms with van der Waals surface area (Å²) in [6.45, 7) is 4.49. The highest BCUT2D eigenvalue weighted by atomic mass is 79.9. The summed E-state index contributed by atoms with van der Waals surface area (Å²) in [5.74, 6) is -0.119. The van der Waals surface area contributed by atoms with Gasteiger partial charge >= 0.3 is 0 Å². The molecule has 110 valence electrons. The first kappa shape index (κ1) is 14.5. The molecule has 0 amide bonds. The van der Waals surface area contributed by atoms with Crippen LogP contribution in [0.1, 0.15) is 44.2 Å². The van der Waals surface area contributed by atoms with E-state index in [-0.39, 0.29) is 11.9 Å². The van der Waals surface area contributed by atoms with Crippen molar-refractivity contribution < 1.29 is 4.39 Å². The summed E-state index contributed by atoms with van der Waals surface area (Å²) < 4.78 is 14.9. The average molecular weight is 341 g/mol. The maximum Gasteiger partial charge on any atom is 0.128 e. The van der Waals surface area contributed by atoms with E-state index in [9.17, 15) is 4.39 Å². The van der Waals surface area contributed by atoms with Crippen molar-refractivity contribution in [3.8, 4) is 0 Å². The zero-order valence-corrected chi connectivity index (χ0v) is 13.5. The Morgan fingerprint density at radius 2 is 2.15 bits per heavy atom. The zero-order valence-electron chi connectivity index (χ0n) is 11.9. The Kier molecular flexibility index (Phi) is 4.43. The lowest BCUT2D eigenvalue weighted by Gasteiger charge is -2.34. The highest BCUT2D eigenvalue weighted by Crippen LogP contribution is 2.29. The SMILES string of the molecule is CC(NC1CCN2CCCCC12)c1cc(Br)ccc1F. The van der Waals surface area contributed by atoms with E-state index in [1.807, 2.05) is 6.07 Å². The average Bonchev–Trinajstić information content (AvgIpc) is 2.85. The first-order valence-electron chi connectivity index (χ1n) is 7.60. The molecule has 0 aromatic heterocycles. The largest absolute Gasteiger partial charge is 0.306 e. The van der Waals surface area contributed by atoms with Crippen LogP contribution in [0.25, 0.3) is 0 Å². The van der Waals surface area contributed by atoms with Gasteiger partial charge in [0.05, 0.1) is 0 Å². The van der Waals surface area contributed by atoms with Gasteiger partial charge in [0, 0.05) is 34.7 Å². The van der Waals surface area contributed by atoms with Crippen LogP contribution in [-0.4, -0.2) is 30.1 Å². The van der Waals surface area contributed by atoms with Gasteiger partial charge in [0.15, 0.2) is 0 Å². The van der Waals surface area contributed by atoms with Crippen LogP contribution in [0.5, 0.6) is 0 Å². The Morgan fingerprint density at radius 3 is 3.00 bits per heavy atom. The minimum absolute atomic E-state index is 0.0550. The molecule has 4 heteroatoms. The van der Waals surface area contributed by atoms with E-state index in [0.29, 0.717) is 12.1 Å². The molecule has 3 atom stereocenters. The molecular formula is C16H22BrFN2. The number of hydrogen-bond acceptors (Lipinski definition) is 2. The molecule has 1 aromatic carbocycles. The fourth-order valence-corrected chi connectivity index (χ4v) is 4.08. The topological polar surface area (TPSA) is 15.3 Å². The number of nitrogens with zero attached hydrogens (tertiary/aromatic N) is 1. The van der Waals surface area contributed by atoms with Crippen molar-refractivity contribution in [1.29, 1.82) is 0 Å². The molecule has 2 aliphatic rings. The minimum Gasteiger partial charge on any atom is -0.306 e. The normalized spacial score (nSPS) is 28.4. The number of rotatable bonds is 3. The maximum absolute atomic E-state index is 14.0. The van der Waals surface area contributed by atoms with Gasteiger partial charge in [-0.25, -0.2) is 4.39 Å². The summed E-state index contributed by atoms with van der Waals surface area (Å²) in [5.41, 5.74) is 0.758. The second-order valence-electron chi connectivity index (χ2n) is 6.05. The van der Waals surface area contributed by atoms with Crippen LogP contribution in [0.4, 0.5) is 4.39 Å². The lowest BCUT2D eigenvalue weighted by molar-refractivity contribution is 0.177. The molecule has 2 heterocycles. The molecule has 0 aliphatic carbocycles. The van der Waals surface area contributed by atoms with Crippen LogP contribution < -0.4 is 5.32 Å². The van der Waals surface area contributed by atoms with Gasteiger partial charge in [0.25, 0.3) is 0 Å². The molecule has 2 fully saturated rings. The van der Waals surface area contributed by atoms with Gasteiger partial charge in [-0.15, -0.1) is 0 Å². The first-order chi connectivity index (χ1) is 9.65. The van der Waals surface area contributed by atoms with E-state index in [0.717, 1.165) is 10.0 Å². The van der Waals surface area contributed by atoms with Crippen LogP contribution in [0, 0.1) is 5.82 Å². The van der Waals surface area contributed by atoms with Crippen molar-refractivity contribution in [3.05, 3.63) is 34.1 Å². The summed E-state index contributed by atoms with van der Waals surface area (Å²) in [7, 11) is 0. The van der Waals surface area contributed by atoms with E-state index in [1.54, 1.807) is 12.1 Å². The molecule has 0 spiro atoms. The number of benzene rings is 1. The van der Waals surface area contributed by atoms with E-state index < -0.39 is 0 Å². The van der Waals surface area contributed by atoms with Gasteiger partial charge in [0.2, 0.25) is 0 Å². The molecule has 2 aliphatic heterocycles. The Hall–Kier alpha value is -0.450. The van der Waals surface area contributed by atoms with Crippen molar-refractivity contribution >= 4 is 15.9 Å². The third kappa shape index (κ3) is 2.92. The Labute approximate surface area is 128 Å². The van der Waals surface area contributed by atoms with Gasteiger partial charge in [-0.3, -0.25) is 4.90 Å². The molecule has 20 heavy (non-hydrogen) atoms. The third-order valence-corrected chi connectivity index (χ3v) is 5.24. The van der Waals surface area contributed by atoms with Crippen molar-refractivity contribution in [1.82, 2.24) is 10.2 Å². The second-order valence-corrected chi connectivity index (χ2v) is 6.96. The Bertz CT molecular complexity index is 480. The predicted octanol–water partition coefficient (Wildman–Crippen LogP) is 3.87. The Balaban J connectivity index is 1.69. The van der Waals surface area contributed by atoms with Crippen molar-refractivity contribution in [2.75, 3.05) is 13.1 Å². The molecule has 0 bridgehead atoms. The molecule has 2 saturated heterocycles. The van der Waals surface area contributed by atoms with Gasteiger partial charge in [0.1, 0.15) is 5.82 Å². The number of halogens is 2. The van der Waals surface area contributed by atoms with Gasteiger partial charge in [-0.05, 0) is 50.9 Å². The lowest BCUT2D eigenvalue weighted by atomic mass is 9.97. The number of fused-ring (bicyclic) bond motifs is 1. The van der Waals surface area contributed by atoms with Gasteiger partial charge in [-0.2, -0.15) is 0 Å². The van der Waals surface area contributed by atoms with Crippen molar-refractivity contribution in [2.45, 2.75) is 50.7 Å². The summed E-state index contributed by atoms with van der Waals surface area (Å²) >= 11 is 3.43. The third-order valence-electron chi connectivity index (χ3n) is 4.74. The van der Waals surface area contributed by atoms with E-state index in [1.165, 1.54) is 38.8 Å². The van der Waals surface area contributed by atoms with Crippen molar-refractivity contribution in [2.24, 2.45) is 0 Å². The van der Waals surface area contributed by atoms with E-state index >= 15 is 0 Å². The minimum atomic E-state index is -0.119. The van der Waals surface area contributed by atoms with Crippen LogP contribution in [0.3, 0.4) is 0 Å². The molecule has 1 aromatic rings. The van der Waals surface area contributed by atoms with E-state index in [2.05, 4.69) is 33.1 Å². The van der Waals surface area contributed by atoms with E-state index in [4.69, 9.17) is 0 Å². The Morgan fingerprint density at radius 1 is 1.30 bits per heavy atom. The zero-order chi connectivity index (χ0) is 14.1. The molecule has 3 unspecified atom stereocenters. The monoisotopic (exact) mass is 340 g/mol. The van der Waals surface area contributed by atoms with Crippen LogP contribution >= 0.6 is 15.9 Å². The van der Waals surface area contributed by atoms with Gasteiger partial charge < -0.3 is 5.32 Å². The summed E-state index contributed by atoms with van der Waals surface area (Å²) in [6, 6.07) is 6.40. The van der Waals surface area contributed by atoms with Crippen LogP contribution in [0.2, 0.25) is 0 Å². The van der Waals surface area contributed by atoms with Crippen LogP contribution in [-0.2, 0) is 0 Å². The van der Waals surface area contributed by atoms with Gasteiger partial charge in [-0.1, -0.05) is 22.4 Å². The standard InChI is InChI=1S/C16H22BrFN2/c1-11(13-10-12(17)5-6-14(13)18)19-15-7-9-20-8-3-2-4-16(15)20/h5-6,10-11,15-16,19H,2-4,7-9H2,1H3. The quantitative estimate of drug-likeness (QED) is 0.898. The number of nitrogens with one attached hydrogen (secondary N) is 1.